The number of pyridine rings is 1. The van der Waals surface area contributed by atoms with Crippen LogP contribution in [0.25, 0.3) is 32.1 Å². The van der Waals surface area contributed by atoms with Gasteiger partial charge in [-0.2, -0.15) is 15.2 Å². The number of hydrogen-bond acceptors (Lipinski definition) is 11. The van der Waals surface area contributed by atoms with E-state index >= 15 is 4.39 Å². The molecule has 52 heavy (non-hydrogen) atoms. The smallest absolute Gasteiger partial charge is 0.318 e. The van der Waals surface area contributed by atoms with Crippen molar-refractivity contribution in [3.05, 3.63) is 58.2 Å². The zero-order valence-electron chi connectivity index (χ0n) is 27.7. The van der Waals surface area contributed by atoms with E-state index in [4.69, 9.17) is 32.5 Å². The molecule has 3 aromatic heterocycles. The number of ether oxygens (including phenoxy) is 2. The summed E-state index contributed by atoms with van der Waals surface area (Å²) >= 11 is 7.70. The Morgan fingerprint density at radius 1 is 1.17 bits per heavy atom. The van der Waals surface area contributed by atoms with Crippen molar-refractivity contribution in [3.63, 3.8) is 0 Å². The predicted molar refractivity (Wildman–Crippen MR) is 190 cm³/mol. The van der Waals surface area contributed by atoms with Crippen LogP contribution in [0.15, 0.2) is 30.5 Å². The van der Waals surface area contributed by atoms with E-state index in [1.54, 1.807) is 12.1 Å². The number of anilines is 3. The van der Waals surface area contributed by atoms with E-state index in [0.717, 1.165) is 30.4 Å². The van der Waals surface area contributed by atoms with Gasteiger partial charge in [-0.25, -0.2) is 26.9 Å². The summed E-state index contributed by atoms with van der Waals surface area (Å²) < 4.78 is 83.4. The molecule has 10 nitrogen and oxygen atoms in total. The van der Waals surface area contributed by atoms with Gasteiger partial charge >= 0.3 is 6.01 Å². The Kier molecular flexibility index (Phi) is 9.85. The summed E-state index contributed by atoms with van der Waals surface area (Å²) in [6, 6.07) is 6.82. The van der Waals surface area contributed by atoms with Gasteiger partial charge < -0.3 is 25.8 Å². The molecule has 0 saturated carbocycles. The van der Waals surface area contributed by atoms with Crippen LogP contribution in [-0.2, 0) is 0 Å². The highest BCUT2D eigenvalue weighted by molar-refractivity contribution is 7.23. The first-order valence-corrected chi connectivity index (χ1v) is 17.6. The van der Waals surface area contributed by atoms with Gasteiger partial charge in [0.1, 0.15) is 46.8 Å². The molecule has 3 aliphatic rings. The van der Waals surface area contributed by atoms with Crippen molar-refractivity contribution in [2.45, 2.75) is 50.4 Å². The summed E-state index contributed by atoms with van der Waals surface area (Å²) in [5, 5.41) is 9.71. The number of nitrogens with zero attached hydrogens (tertiary/aromatic N) is 6. The van der Waals surface area contributed by atoms with Crippen LogP contribution in [0.5, 0.6) is 11.8 Å². The van der Waals surface area contributed by atoms with Gasteiger partial charge in [0, 0.05) is 41.7 Å². The Bertz CT molecular complexity index is 2210. The minimum atomic E-state index is -2.75. The summed E-state index contributed by atoms with van der Waals surface area (Å²) in [4.78, 5) is 16.5. The van der Waals surface area contributed by atoms with Gasteiger partial charge in [0.2, 0.25) is 6.43 Å². The molecule has 0 aliphatic carbocycles. The summed E-state index contributed by atoms with van der Waals surface area (Å²) in [7, 11) is 1.27. The normalized spacial score (nSPS) is 18.9. The van der Waals surface area contributed by atoms with E-state index in [-0.39, 0.29) is 84.3 Å². The number of aromatic nitrogens is 3. The molecule has 5 aromatic rings. The fraction of sp³-hybridized carbons (Fsp3) is 0.371. The van der Waals surface area contributed by atoms with Crippen molar-refractivity contribution in [1.29, 1.82) is 5.26 Å². The molecule has 17 heteroatoms. The molecular weight excluding hydrogens is 727 g/mol. The van der Waals surface area contributed by atoms with Crippen molar-refractivity contribution in [2.24, 2.45) is 0 Å². The largest absolute Gasteiger partial charge is 0.489 e. The van der Waals surface area contributed by atoms with E-state index in [1.165, 1.54) is 37.1 Å². The first-order chi connectivity index (χ1) is 25.0. The predicted octanol–water partition coefficient (Wildman–Crippen LogP) is 7.67. The minimum Gasteiger partial charge on any atom is -0.489 e. The molecule has 0 bridgehead atoms. The van der Waals surface area contributed by atoms with Gasteiger partial charge in [-0.15, -0.1) is 11.3 Å². The summed E-state index contributed by atoms with van der Waals surface area (Å²) in [5.74, 6) is -1.56. The molecule has 272 valence electrons. The van der Waals surface area contributed by atoms with E-state index in [2.05, 4.69) is 19.9 Å². The van der Waals surface area contributed by atoms with Crippen LogP contribution in [0.3, 0.4) is 0 Å². The second-order valence-electron chi connectivity index (χ2n) is 12.6. The molecule has 8 rings (SSSR count). The average molecular weight is 759 g/mol. The maximum Gasteiger partial charge on any atom is 0.318 e. The average Bonchev–Trinajstić information content (AvgIpc) is 3.76. The number of alkyl halides is 3. The monoisotopic (exact) mass is 758 g/mol. The number of nitrogen functional groups attached to an aromatic ring is 2. The Morgan fingerprint density at radius 3 is 2.69 bits per heavy atom. The van der Waals surface area contributed by atoms with Gasteiger partial charge in [-0.1, -0.05) is 23.7 Å². The maximum absolute atomic E-state index is 16.7. The number of fused-ring (bicyclic) bond motifs is 2. The molecule has 4 N–H and O–H groups in total. The van der Waals surface area contributed by atoms with Crippen LogP contribution < -0.4 is 25.8 Å². The van der Waals surface area contributed by atoms with Crippen LogP contribution in [-0.4, -0.2) is 71.8 Å². The standard InChI is InChI=1S/C28H20ClF4N7O2S.C7H12FN/c1-41-28-38-22-19-23(20(29)18(21(22)33)12-4-5-14(30)24-17(12)13(10-34)26(36)43-24)42-8-7-40(27(19)39-28)15(9-16(31)32)11-3-2-6-37-25(11)35;8-6-4-7-2-1-3-9(7)5-6/h2-6,15-16H,7-9,36H2,1H3,(H2,35,37);6-7H,1-5H2. The maximum atomic E-state index is 16.7. The first kappa shape index (κ1) is 35.7. The number of methoxy groups -OCH3 is 1. The molecule has 0 spiro atoms. The third kappa shape index (κ3) is 6.24. The van der Waals surface area contributed by atoms with Gasteiger partial charge in [0.15, 0.2) is 11.6 Å². The molecule has 0 radical (unpaired) electrons. The third-order valence-electron chi connectivity index (χ3n) is 9.64. The zero-order valence-corrected chi connectivity index (χ0v) is 29.3. The molecule has 2 saturated heterocycles. The lowest BCUT2D eigenvalue weighted by atomic mass is 9.96. The number of halogens is 6. The number of hydrogen-bond donors (Lipinski definition) is 2. The van der Waals surface area contributed by atoms with Gasteiger partial charge in [-0.05, 0) is 43.5 Å². The molecule has 6 heterocycles. The summed E-state index contributed by atoms with van der Waals surface area (Å²) in [6.07, 6.45) is 0.848. The quantitative estimate of drug-likeness (QED) is 0.166. The molecule has 2 fully saturated rings. The number of thiophene rings is 1. The van der Waals surface area contributed by atoms with Gasteiger partial charge in [-0.3, -0.25) is 4.90 Å². The minimum absolute atomic E-state index is 0.00923. The second kappa shape index (κ2) is 14.4. The highest BCUT2D eigenvalue weighted by Crippen LogP contribution is 2.51. The SMILES string of the molecule is COc1nc2c3c(c(Cl)c(-c4ccc(F)c5sc(N)c(C#N)c45)c(F)c3n1)OCCN2C(CC(F)F)c1cccnc1N.FC1CC2CCCN2C1. The van der Waals surface area contributed by atoms with Crippen molar-refractivity contribution in [2.75, 3.05) is 49.7 Å². The van der Waals surface area contributed by atoms with E-state index in [0.29, 0.717) is 18.2 Å². The molecule has 3 aliphatic heterocycles. The summed E-state index contributed by atoms with van der Waals surface area (Å²) in [6.45, 7) is 1.80. The molecule has 3 atom stereocenters. The fourth-order valence-electron chi connectivity index (χ4n) is 7.40. The Hall–Kier alpha value is -4.72. The number of nitriles is 1. The lowest BCUT2D eigenvalue weighted by Crippen LogP contribution is -2.34. The van der Waals surface area contributed by atoms with Crippen molar-refractivity contribution >= 4 is 60.6 Å². The van der Waals surface area contributed by atoms with E-state index in [1.807, 2.05) is 6.07 Å². The van der Waals surface area contributed by atoms with Crippen LogP contribution in [0.4, 0.5) is 38.6 Å². The molecule has 0 amide bonds. The number of benzene rings is 2. The zero-order chi connectivity index (χ0) is 36.8. The van der Waals surface area contributed by atoms with Crippen molar-refractivity contribution in [3.8, 4) is 29.0 Å². The molecule has 2 aromatic carbocycles. The van der Waals surface area contributed by atoms with Gasteiger partial charge in [0.05, 0.1) is 40.4 Å². The van der Waals surface area contributed by atoms with Crippen molar-refractivity contribution < 1.29 is 31.4 Å². The third-order valence-corrected chi connectivity index (χ3v) is 11.0. The van der Waals surface area contributed by atoms with Crippen LogP contribution in [0.2, 0.25) is 5.02 Å². The van der Waals surface area contributed by atoms with Crippen LogP contribution >= 0.6 is 22.9 Å². The van der Waals surface area contributed by atoms with Crippen LogP contribution in [0.1, 0.15) is 42.9 Å². The number of rotatable bonds is 6. The Morgan fingerprint density at radius 2 is 1.98 bits per heavy atom. The fourth-order valence-corrected chi connectivity index (χ4v) is 8.68. The van der Waals surface area contributed by atoms with Crippen molar-refractivity contribution in [1.82, 2.24) is 19.9 Å². The van der Waals surface area contributed by atoms with Crippen LogP contribution in [0, 0.1) is 23.0 Å². The van der Waals surface area contributed by atoms with E-state index < -0.39 is 36.7 Å². The highest BCUT2D eigenvalue weighted by atomic mass is 35.5. The highest BCUT2D eigenvalue weighted by Gasteiger charge is 2.36. The Balaban J connectivity index is 0.000000404. The first-order valence-electron chi connectivity index (χ1n) is 16.5. The topological polar surface area (TPSA) is 139 Å². The number of nitrogens with two attached hydrogens (primary N) is 2. The second-order valence-corrected chi connectivity index (χ2v) is 14.1. The summed E-state index contributed by atoms with van der Waals surface area (Å²) in [5.41, 5.74) is 11.9. The Labute approximate surface area is 303 Å². The lowest BCUT2D eigenvalue weighted by Gasteiger charge is -2.32. The van der Waals surface area contributed by atoms with Gasteiger partial charge in [0.25, 0.3) is 0 Å². The van der Waals surface area contributed by atoms with E-state index in [9.17, 15) is 22.8 Å². The molecular formula is C35H32ClF5N8O2S. The molecule has 3 unspecified atom stereocenters. The lowest BCUT2D eigenvalue weighted by molar-refractivity contribution is 0.126.